The highest BCUT2D eigenvalue weighted by Gasteiger charge is 2.24. The molecule has 0 bridgehead atoms. The Balaban J connectivity index is 1.65. The molecule has 1 aromatic carbocycles. The predicted octanol–water partition coefficient (Wildman–Crippen LogP) is 3.05. The van der Waals surface area contributed by atoms with Crippen molar-refractivity contribution in [2.75, 3.05) is 33.3 Å². The van der Waals surface area contributed by atoms with Crippen LogP contribution >= 0.6 is 0 Å². The van der Waals surface area contributed by atoms with Crippen LogP contribution < -0.4 is 20.7 Å². The van der Waals surface area contributed by atoms with Gasteiger partial charge in [-0.25, -0.2) is 0 Å². The largest absolute Gasteiger partial charge is 0.497 e. The molecule has 2 rings (SSSR count). The van der Waals surface area contributed by atoms with E-state index in [2.05, 4.69) is 46.9 Å². The third-order valence-corrected chi connectivity index (χ3v) is 5.28. The van der Waals surface area contributed by atoms with Crippen LogP contribution in [0.1, 0.15) is 57.4 Å². The van der Waals surface area contributed by atoms with Crippen LogP contribution in [0.25, 0.3) is 0 Å². The normalized spacial score (nSPS) is 15.5. The molecule has 6 heteroatoms. The Bertz CT molecular complexity index is 611. The minimum atomic E-state index is 0.216. The molecule has 156 valence electrons. The Morgan fingerprint density at radius 3 is 2.54 bits per heavy atom. The second-order valence-corrected chi connectivity index (χ2v) is 7.42. The molecule has 1 amide bonds. The molecule has 1 atom stereocenters. The summed E-state index contributed by atoms with van der Waals surface area (Å²) in [6.45, 7) is 7.39. The van der Waals surface area contributed by atoms with Crippen molar-refractivity contribution in [2.24, 2.45) is 10.9 Å². The summed E-state index contributed by atoms with van der Waals surface area (Å²) < 4.78 is 5.22. The van der Waals surface area contributed by atoms with Crippen molar-refractivity contribution in [3.63, 3.8) is 0 Å². The maximum absolute atomic E-state index is 11.8. The first-order valence-electron chi connectivity index (χ1n) is 10.6. The molecule has 28 heavy (non-hydrogen) atoms. The minimum absolute atomic E-state index is 0.216. The third kappa shape index (κ3) is 7.41. The fourth-order valence-electron chi connectivity index (χ4n) is 3.14. The van der Waals surface area contributed by atoms with E-state index in [1.807, 2.05) is 12.1 Å². The summed E-state index contributed by atoms with van der Waals surface area (Å²) >= 11 is 0. The second-order valence-electron chi connectivity index (χ2n) is 7.42. The molecule has 0 aliphatic heterocycles. The second kappa shape index (κ2) is 12.3. The molecule has 1 aromatic rings. The van der Waals surface area contributed by atoms with Gasteiger partial charge >= 0.3 is 0 Å². The molecule has 1 aliphatic rings. The van der Waals surface area contributed by atoms with Crippen molar-refractivity contribution in [3.05, 3.63) is 29.8 Å². The van der Waals surface area contributed by atoms with E-state index in [0.29, 0.717) is 19.0 Å². The van der Waals surface area contributed by atoms with Crippen molar-refractivity contribution in [2.45, 2.75) is 51.9 Å². The number of benzene rings is 1. The lowest BCUT2D eigenvalue weighted by Gasteiger charge is -2.23. The lowest BCUT2D eigenvalue weighted by Crippen LogP contribution is -2.38. The summed E-state index contributed by atoms with van der Waals surface area (Å²) in [6, 6.07) is 8.27. The van der Waals surface area contributed by atoms with Gasteiger partial charge in [0, 0.05) is 32.1 Å². The summed E-state index contributed by atoms with van der Waals surface area (Å²) in [5, 5.41) is 9.71. The van der Waals surface area contributed by atoms with Crippen molar-refractivity contribution >= 4 is 11.9 Å². The van der Waals surface area contributed by atoms with Crippen molar-refractivity contribution < 1.29 is 9.53 Å². The number of nitrogens with one attached hydrogen (secondary N) is 3. The van der Waals surface area contributed by atoms with Gasteiger partial charge in [0.25, 0.3) is 0 Å². The zero-order chi connectivity index (χ0) is 20.2. The number of carbonyl (C=O) groups is 1. The monoisotopic (exact) mass is 388 g/mol. The number of hydrogen-bond donors (Lipinski definition) is 3. The van der Waals surface area contributed by atoms with Crippen LogP contribution in [-0.2, 0) is 4.79 Å². The number of carbonyl (C=O) groups excluding carboxylic acids is 1. The van der Waals surface area contributed by atoms with Gasteiger partial charge in [0.05, 0.1) is 7.11 Å². The number of guanidine groups is 1. The van der Waals surface area contributed by atoms with E-state index in [0.717, 1.165) is 50.5 Å². The van der Waals surface area contributed by atoms with Gasteiger partial charge in [0.1, 0.15) is 5.75 Å². The molecule has 0 saturated heterocycles. The highest BCUT2D eigenvalue weighted by atomic mass is 16.5. The molecule has 0 radical (unpaired) electrons. The SMILES string of the molecule is CCNC(=NCCCNC(=O)C1CCC1)NCCC(C)c1ccc(OC)cc1. The zero-order valence-electron chi connectivity index (χ0n) is 17.6. The van der Waals surface area contributed by atoms with E-state index < -0.39 is 0 Å². The molecule has 1 fully saturated rings. The van der Waals surface area contributed by atoms with Crippen LogP contribution in [0.3, 0.4) is 0 Å². The molecule has 6 nitrogen and oxygen atoms in total. The zero-order valence-corrected chi connectivity index (χ0v) is 17.6. The van der Waals surface area contributed by atoms with Gasteiger partial charge in [-0.05, 0) is 56.2 Å². The summed E-state index contributed by atoms with van der Waals surface area (Å²) in [4.78, 5) is 16.4. The van der Waals surface area contributed by atoms with Gasteiger partial charge in [-0.1, -0.05) is 25.5 Å². The Morgan fingerprint density at radius 1 is 1.18 bits per heavy atom. The van der Waals surface area contributed by atoms with E-state index in [-0.39, 0.29) is 11.8 Å². The average molecular weight is 389 g/mol. The quantitative estimate of drug-likeness (QED) is 0.309. The number of rotatable bonds is 11. The third-order valence-electron chi connectivity index (χ3n) is 5.28. The number of aliphatic imine (C=N–C) groups is 1. The number of methoxy groups -OCH3 is 1. The van der Waals surface area contributed by atoms with Gasteiger partial charge in [-0.2, -0.15) is 0 Å². The summed E-state index contributed by atoms with van der Waals surface area (Å²) in [6.07, 6.45) is 5.17. The highest BCUT2D eigenvalue weighted by molar-refractivity contribution is 5.80. The fraction of sp³-hybridized carbons (Fsp3) is 0.636. The molecular weight excluding hydrogens is 352 g/mol. The van der Waals surface area contributed by atoms with Gasteiger partial charge in [0.2, 0.25) is 5.91 Å². The first-order valence-corrected chi connectivity index (χ1v) is 10.6. The highest BCUT2D eigenvalue weighted by Crippen LogP contribution is 2.26. The topological polar surface area (TPSA) is 74.8 Å². The molecule has 0 heterocycles. The van der Waals surface area contributed by atoms with Gasteiger partial charge in [-0.3, -0.25) is 9.79 Å². The van der Waals surface area contributed by atoms with Crippen LogP contribution in [0.15, 0.2) is 29.3 Å². The van der Waals surface area contributed by atoms with Crippen LogP contribution in [0.4, 0.5) is 0 Å². The fourth-order valence-corrected chi connectivity index (χ4v) is 3.14. The van der Waals surface area contributed by atoms with E-state index >= 15 is 0 Å². The van der Waals surface area contributed by atoms with Crippen molar-refractivity contribution in [3.8, 4) is 5.75 Å². The van der Waals surface area contributed by atoms with E-state index in [1.165, 1.54) is 12.0 Å². The number of amides is 1. The molecule has 3 N–H and O–H groups in total. The number of nitrogens with zero attached hydrogens (tertiary/aromatic N) is 1. The molecule has 1 aliphatic carbocycles. The van der Waals surface area contributed by atoms with Crippen LogP contribution in [-0.4, -0.2) is 45.2 Å². The maximum Gasteiger partial charge on any atom is 0.223 e. The number of ether oxygens (including phenoxy) is 1. The Morgan fingerprint density at radius 2 is 1.93 bits per heavy atom. The molecule has 1 unspecified atom stereocenters. The first-order chi connectivity index (χ1) is 13.6. The molecular formula is C22H36N4O2. The van der Waals surface area contributed by atoms with Crippen LogP contribution in [0.5, 0.6) is 5.75 Å². The lowest BCUT2D eigenvalue weighted by molar-refractivity contribution is -0.127. The Kier molecular flexibility index (Phi) is 9.66. The van der Waals surface area contributed by atoms with Crippen molar-refractivity contribution in [1.29, 1.82) is 0 Å². The van der Waals surface area contributed by atoms with Crippen LogP contribution in [0.2, 0.25) is 0 Å². The smallest absolute Gasteiger partial charge is 0.223 e. The van der Waals surface area contributed by atoms with Gasteiger partial charge < -0.3 is 20.7 Å². The summed E-state index contributed by atoms with van der Waals surface area (Å²) in [5.41, 5.74) is 1.31. The minimum Gasteiger partial charge on any atom is -0.497 e. The summed E-state index contributed by atoms with van der Waals surface area (Å²) in [5.74, 6) is 2.67. The van der Waals surface area contributed by atoms with E-state index in [4.69, 9.17) is 4.74 Å². The lowest BCUT2D eigenvalue weighted by atomic mass is 9.85. The Hall–Kier alpha value is -2.24. The van der Waals surface area contributed by atoms with Gasteiger partial charge in [0.15, 0.2) is 5.96 Å². The molecule has 1 saturated carbocycles. The van der Waals surface area contributed by atoms with E-state index in [9.17, 15) is 4.79 Å². The van der Waals surface area contributed by atoms with E-state index in [1.54, 1.807) is 7.11 Å². The maximum atomic E-state index is 11.8. The predicted molar refractivity (Wildman–Crippen MR) is 115 cm³/mol. The number of hydrogen-bond acceptors (Lipinski definition) is 3. The standard InChI is InChI=1S/C22H36N4O2/c1-4-23-22(25-15-6-14-24-21(27)19-7-5-8-19)26-16-13-17(2)18-9-11-20(28-3)12-10-18/h9-12,17,19H,4-8,13-16H2,1-3H3,(H,24,27)(H2,23,25,26). The molecule has 0 spiro atoms. The first kappa shape index (κ1) is 22.1. The van der Waals surface area contributed by atoms with Crippen molar-refractivity contribution in [1.82, 2.24) is 16.0 Å². The molecule has 0 aromatic heterocycles. The Labute approximate surface area is 169 Å². The average Bonchev–Trinajstić information content (AvgIpc) is 2.66. The summed E-state index contributed by atoms with van der Waals surface area (Å²) in [7, 11) is 1.69. The van der Waals surface area contributed by atoms with Gasteiger partial charge in [-0.15, -0.1) is 0 Å². The van der Waals surface area contributed by atoms with Crippen LogP contribution in [0, 0.1) is 5.92 Å².